The third kappa shape index (κ3) is 1.61. The topological polar surface area (TPSA) is 92.5 Å². The summed E-state index contributed by atoms with van der Waals surface area (Å²) in [6.45, 7) is 0.781. The normalized spacial score (nSPS) is 30.1. The number of imide groups is 1. The van der Waals surface area contributed by atoms with Crippen molar-refractivity contribution in [1.29, 1.82) is 0 Å². The molecule has 0 aromatic heterocycles. The van der Waals surface area contributed by atoms with E-state index in [-0.39, 0.29) is 36.1 Å². The van der Waals surface area contributed by atoms with Crippen LogP contribution in [0, 0.1) is 11.8 Å². The van der Waals surface area contributed by atoms with Gasteiger partial charge in [0.15, 0.2) is 0 Å². The number of carbonyl (C=O) groups excluding carboxylic acids is 3. The Bertz CT molecular complexity index is 329. The van der Waals surface area contributed by atoms with Crippen molar-refractivity contribution < 1.29 is 14.4 Å². The molecule has 0 aromatic rings. The van der Waals surface area contributed by atoms with Crippen molar-refractivity contribution in [2.75, 3.05) is 19.6 Å². The molecule has 2 rings (SSSR count). The van der Waals surface area contributed by atoms with Crippen LogP contribution in [0.4, 0.5) is 0 Å². The van der Waals surface area contributed by atoms with Crippen LogP contribution in [0.3, 0.4) is 0 Å². The van der Waals surface area contributed by atoms with Gasteiger partial charge in [-0.1, -0.05) is 0 Å². The number of nitrogens with zero attached hydrogens (tertiary/aromatic N) is 1. The maximum Gasteiger partial charge on any atom is 0.236 e. The summed E-state index contributed by atoms with van der Waals surface area (Å²) in [7, 11) is 0. The molecule has 2 aliphatic rings. The summed E-state index contributed by atoms with van der Waals surface area (Å²) in [6, 6.07) is 0. The standard InChI is InChI=1S/C9H13N3O3/c10-3-7(13)12-2-1-5-6(4-12)9(15)11-8(5)14/h5-6H,1-4,10H2,(H,11,14,15)/t5-,6-/m0/s1. The average molecular weight is 211 g/mol. The molecule has 0 spiro atoms. The molecule has 6 heteroatoms. The highest BCUT2D eigenvalue weighted by Gasteiger charge is 2.45. The fourth-order valence-corrected chi connectivity index (χ4v) is 2.19. The molecule has 82 valence electrons. The van der Waals surface area contributed by atoms with E-state index in [0.29, 0.717) is 19.5 Å². The monoisotopic (exact) mass is 211 g/mol. The Labute approximate surface area is 86.8 Å². The predicted molar refractivity (Wildman–Crippen MR) is 50.4 cm³/mol. The van der Waals surface area contributed by atoms with Gasteiger partial charge in [0.2, 0.25) is 17.7 Å². The van der Waals surface area contributed by atoms with Crippen LogP contribution in [0.15, 0.2) is 0 Å². The van der Waals surface area contributed by atoms with E-state index in [2.05, 4.69) is 5.32 Å². The second-order valence-corrected chi connectivity index (χ2v) is 3.90. The third-order valence-corrected chi connectivity index (χ3v) is 3.06. The molecule has 2 saturated heterocycles. The van der Waals surface area contributed by atoms with Gasteiger partial charge in [0.05, 0.1) is 18.4 Å². The molecule has 0 aliphatic carbocycles. The van der Waals surface area contributed by atoms with Crippen molar-refractivity contribution in [2.24, 2.45) is 17.6 Å². The van der Waals surface area contributed by atoms with E-state index in [1.807, 2.05) is 0 Å². The minimum absolute atomic E-state index is 0.0487. The maximum absolute atomic E-state index is 11.4. The van der Waals surface area contributed by atoms with Gasteiger partial charge in [0, 0.05) is 13.1 Å². The highest BCUT2D eigenvalue weighted by Crippen LogP contribution is 2.28. The van der Waals surface area contributed by atoms with E-state index in [1.54, 1.807) is 4.90 Å². The molecule has 0 bridgehead atoms. The van der Waals surface area contributed by atoms with E-state index < -0.39 is 0 Å². The highest BCUT2D eigenvalue weighted by molar-refractivity contribution is 6.05. The molecular weight excluding hydrogens is 198 g/mol. The summed E-state index contributed by atoms with van der Waals surface area (Å²) in [5.41, 5.74) is 5.24. The second-order valence-electron chi connectivity index (χ2n) is 3.90. The van der Waals surface area contributed by atoms with Crippen LogP contribution in [0.5, 0.6) is 0 Å². The summed E-state index contributed by atoms with van der Waals surface area (Å²) < 4.78 is 0. The molecular formula is C9H13N3O3. The van der Waals surface area contributed by atoms with Gasteiger partial charge in [-0.3, -0.25) is 19.7 Å². The van der Waals surface area contributed by atoms with Gasteiger partial charge >= 0.3 is 0 Å². The molecule has 0 radical (unpaired) electrons. The van der Waals surface area contributed by atoms with Gasteiger partial charge in [0.1, 0.15) is 0 Å². The summed E-state index contributed by atoms with van der Waals surface area (Å²) in [4.78, 5) is 35.6. The largest absolute Gasteiger partial charge is 0.341 e. The van der Waals surface area contributed by atoms with Gasteiger partial charge in [-0.2, -0.15) is 0 Å². The van der Waals surface area contributed by atoms with Crippen molar-refractivity contribution in [3.8, 4) is 0 Å². The van der Waals surface area contributed by atoms with Crippen molar-refractivity contribution in [1.82, 2.24) is 10.2 Å². The Morgan fingerprint density at radius 2 is 2.07 bits per heavy atom. The van der Waals surface area contributed by atoms with Crippen molar-refractivity contribution >= 4 is 17.7 Å². The third-order valence-electron chi connectivity index (χ3n) is 3.06. The van der Waals surface area contributed by atoms with Gasteiger partial charge in [0.25, 0.3) is 0 Å². The van der Waals surface area contributed by atoms with Crippen LogP contribution in [0.2, 0.25) is 0 Å². The zero-order valence-corrected chi connectivity index (χ0v) is 8.23. The lowest BCUT2D eigenvalue weighted by molar-refractivity contribution is -0.135. The molecule has 15 heavy (non-hydrogen) atoms. The number of hydrogen-bond acceptors (Lipinski definition) is 4. The van der Waals surface area contributed by atoms with E-state index in [0.717, 1.165) is 0 Å². The summed E-state index contributed by atoms with van der Waals surface area (Å²) >= 11 is 0. The molecule has 2 fully saturated rings. The lowest BCUT2D eigenvalue weighted by Gasteiger charge is -2.32. The van der Waals surface area contributed by atoms with Crippen LogP contribution in [0.1, 0.15) is 6.42 Å². The van der Waals surface area contributed by atoms with E-state index in [4.69, 9.17) is 5.73 Å². The number of likely N-dealkylation sites (tertiary alicyclic amines) is 1. The number of piperidine rings is 1. The minimum Gasteiger partial charge on any atom is -0.341 e. The number of carbonyl (C=O) groups is 3. The first-order valence-corrected chi connectivity index (χ1v) is 4.96. The fourth-order valence-electron chi connectivity index (χ4n) is 2.19. The molecule has 2 aliphatic heterocycles. The van der Waals surface area contributed by atoms with Crippen LogP contribution in [-0.4, -0.2) is 42.3 Å². The lowest BCUT2D eigenvalue weighted by atomic mass is 9.88. The first-order chi connectivity index (χ1) is 7.13. The number of fused-ring (bicyclic) bond motifs is 1. The zero-order chi connectivity index (χ0) is 11.0. The molecule has 3 N–H and O–H groups in total. The van der Waals surface area contributed by atoms with Crippen molar-refractivity contribution in [2.45, 2.75) is 6.42 Å². The first-order valence-electron chi connectivity index (χ1n) is 4.96. The van der Waals surface area contributed by atoms with Crippen LogP contribution in [0.25, 0.3) is 0 Å². The second kappa shape index (κ2) is 3.62. The molecule has 6 nitrogen and oxygen atoms in total. The number of nitrogens with one attached hydrogen (secondary N) is 1. The average Bonchev–Trinajstić information content (AvgIpc) is 2.53. The highest BCUT2D eigenvalue weighted by atomic mass is 16.2. The molecule has 3 amide bonds. The molecule has 2 atom stereocenters. The van der Waals surface area contributed by atoms with Crippen LogP contribution in [-0.2, 0) is 14.4 Å². The lowest BCUT2D eigenvalue weighted by Crippen LogP contribution is -2.46. The first kappa shape index (κ1) is 10.1. The quantitative estimate of drug-likeness (QED) is 0.494. The van der Waals surface area contributed by atoms with Crippen LogP contribution >= 0.6 is 0 Å². The smallest absolute Gasteiger partial charge is 0.236 e. The molecule has 0 aromatic carbocycles. The SMILES string of the molecule is NCC(=O)N1CC[C@@H]2C(=O)NC(=O)[C@H]2C1. The number of hydrogen-bond donors (Lipinski definition) is 2. The Balaban J connectivity index is 2.08. The number of amides is 3. The van der Waals surface area contributed by atoms with E-state index >= 15 is 0 Å². The van der Waals surface area contributed by atoms with Gasteiger partial charge in [-0.15, -0.1) is 0 Å². The van der Waals surface area contributed by atoms with Crippen molar-refractivity contribution in [3.05, 3.63) is 0 Å². The van der Waals surface area contributed by atoms with E-state index in [9.17, 15) is 14.4 Å². The van der Waals surface area contributed by atoms with E-state index in [1.165, 1.54) is 0 Å². The Morgan fingerprint density at radius 1 is 1.40 bits per heavy atom. The number of rotatable bonds is 1. The Morgan fingerprint density at radius 3 is 2.73 bits per heavy atom. The van der Waals surface area contributed by atoms with Crippen LogP contribution < -0.4 is 11.1 Å². The van der Waals surface area contributed by atoms with Gasteiger partial charge in [-0.25, -0.2) is 0 Å². The Hall–Kier alpha value is -1.43. The zero-order valence-electron chi connectivity index (χ0n) is 8.23. The Kier molecular flexibility index (Phi) is 2.44. The molecule has 0 unspecified atom stereocenters. The van der Waals surface area contributed by atoms with Crippen molar-refractivity contribution in [3.63, 3.8) is 0 Å². The van der Waals surface area contributed by atoms with Gasteiger partial charge < -0.3 is 10.6 Å². The molecule has 0 saturated carbocycles. The minimum atomic E-state index is -0.373. The fraction of sp³-hybridized carbons (Fsp3) is 0.667. The predicted octanol–water partition coefficient (Wildman–Crippen LogP) is -1.93. The molecule has 2 heterocycles. The summed E-state index contributed by atoms with van der Waals surface area (Å²) in [6.07, 6.45) is 0.550. The van der Waals surface area contributed by atoms with Gasteiger partial charge in [-0.05, 0) is 6.42 Å². The summed E-state index contributed by atoms with van der Waals surface area (Å²) in [5.74, 6) is -1.26. The number of nitrogens with two attached hydrogens (primary N) is 1. The maximum atomic E-state index is 11.4. The summed E-state index contributed by atoms with van der Waals surface area (Å²) in [5, 5.41) is 2.29.